The van der Waals surface area contributed by atoms with E-state index in [-0.39, 0.29) is 5.91 Å². The average Bonchev–Trinajstić information content (AvgIpc) is 3.31. The maximum Gasteiger partial charge on any atom is 0.281 e. The van der Waals surface area contributed by atoms with Crippen LogP contribution in [0.1, 0.15) is 21.7 Å². The van der Waals surface area contributed by atoms with Crippen LogP contribution >= 0.6 is 33.9 Å². The molecule has 0 spiro atoms. The fraction of sp³-hybridized carbons (Fsp3) is 0.0500. The number of halogens is 1. The number of rotatable bonds is 4. The Balaban J connectivity index is 1.79. The quantitative estimate of drug-likeness (QED) is 0.218. The molecule has 0 aliphatic rings. The average molecular weight is 487 g/mol. The molecule has 0 saturated carbocycles. The highest BCUT2D eigenvalue weighted by molar-refractivity contribution is 14.1. The lowest BCUT2D eigenvalue weighted by molar-refractivity contribution is 0.0987. The number of aryl methyl sites for hydroxylation is 1. The number of anilines is 1. The third-order valence-electron chi connectivity index (χ3n) is 3.85. The molecule has 0 aliphatic heterocycles. The summed E-state index contributed by atoms with van der Waals surface area (Å²) < 4.78 is 7.17. The van der Waals surface area contributed by atoms with E-state index in [0.29, 0.717) is 16.5 Å². The highest BCUT2D eigenvalue weighted by atomic mass is 127. The van der Waals surface area contributed by atoms with Gasteiger partial charge in [-0.15, -0.1) is 0 Å². The summed E-state index contributed by atoms with van der Waals surface area (Å²) in [6.07, 6.45) is 3.08. The van der Waals surface area contributed by atoms with Crippen LogP contribution in [0.4, 0.5) is 5.13 Å². The smallest absolute Gasteiger partial charge is 0.281 e. The van der Waals surface area contributed by atoms with Gasteiger partial charge in [-0.3, -0.25) is 4.79 Å². The molecule has 134 valence electrons. The third kappa shape index (κ3) is 3.79. The number of hydrogen-bond acceptors (Lipinski definition) is 5. The third-order valence-corrected chi connectivity index (χ3v) is 5.79. The van der Waals surface area contributed by atoms with Crippen molar-refractivity contribution in [3.05, 3.63) is 81.3 Å². The largest absolute Gasteiger partial charge is 0.463 e. The van der Waals surface area contributed by atoms with Crippen LogP contribution in [0.2, 0.25) is 0 Å². The van der Waals surface area contributed by atoms with Crippen LogP contribution in [0.5, 0.6) is 0 Å². The summed E-state index contributed by atoms with van der Waals surface area (Å²) >= 11 is 3.58. The molecule has 7 heteroatoms. The zero-order valence-corrected chi connectivity index (χ0v) is 17.3. The molecule has 4 aromatic rings. The molecule has 4 rings (SSSR count). The van der Waals surface area contributed by atoms with Gasteiger partial charge < -0.3 is 4.42 Å². The molecular formula is C20H14IN3O2S. The Kier molecular flexibility index (Phi) is 5.04. The van der Waals surface area contributed by atoms with Crippen molar-refractivity contribution < 1.29 is 9.21 Å². The standard InChI is InChI=1S/C20H14IN3O2S/c1-13-8-9-17-18(11-13)27-20(23-17)24(22-12-14-5-4-10-26-14)19(25)15-6-2-3-7-16(15)21/h2-12H,1H3/b22-12+. The molecule has 1 amide bonds. The first-order valence-corrected chi connectivity index (χ1v) is 10.0. The first-order valence-electron chi connectivity index (χ1n) is 8.15. The summed E-state index contributed by atoms with van der Waals surface area (Å²) in [5, 5.41) is 6.23. The molecule has 0 saturated heterocycles. The highest BCUT2D eigenvalue weighted by Crippen LogP contribution is 2.31. The molecule has 0 radical (unpaired) electrons. The molecular weight excluding hydrogens is 473 g/mol. The first kappa shape index (κ1) is 17.9. The lowest BCUT2D eigenvalue weighted by Crippen LogP contribution is -2.26. The van der Waals surface area contributed by atoms with E-state index in [0.717, 1.165) is 19.4 Å². The van der Waals surface area contributed by atoms with E-state index in [1.165, 1.54) is 22.6 Å². The number of aromatic nitrogens is 1. The summed E-state index contributed by atoms with van der Waals surface area (Å²) in [6, 6.07) is 17.0. The van der Waals surface area contributed by atoms with Crippen LogP contribution in [0.15, 0.2) is 70.4 Å². The van der Waals surface area contributed by atoms with Crippen molar-refractivity contribution in [3.8, 4) is 0 Å². The van der Waals surface area contributed by atoms with Crippen LogP contribution < -0.4 is 5.01 Å². The maximum atomic E-state index is 13.2. The van der Waals surface area contributed by atoms with Gasteiger partial charge in [0.05, 0.1) is 28.3 Å². The van der Waals surface area contributed by atoms with Crippen LogP contribution in [0, 0.1) is 10.5 Å². The van der Waals surface area contributed by atoms with Gasteiger partial charge in [-0.05, 0) is 71.5 Å². The van der Waals surface area contributed by atoms with Crippen molar-refractivity contribution in [2.45, 2.75) is 6.92 Å². The molecule has 0 atom stereocenters. The second-order valence-electron chi connectivity index (χ2n) is 5.82. The van der Waals surface area contributed by atoms with Crippen molar-refractivity contribution in [2.24, 2.45) is 5.10 Å². The fourth-order valence-corrected chi connectivity index (χ4v) is 4.17. The minimum Gasteiger partial charge on any atom is -0.463 e. The molecule has 2 heterocycles. The summed E-state index contributed by atoms with van der Waals surface area (Å²) in [4.78, 5) is 17.8. The summed E-state index contributed by atoms with van der Waals surface area (Å²) in [6.45, 7) is 2.03. The van der Waals surface area contributed by atoms with E-state index in [4.69, 9.17) is 4.42 Å². The number of benzene rings is 2. The normalized spacial score (nSPS) is 11.3. The van der Waals surface area contributed by atoms with E-state index in [9.17, 15) is 4.79 Å². The monoisotopic (exact) mass is 487 g/mol. The number of furan rings is 1. The van der Waals surface area contributed by atoms with Crippen molar-refractivity contribution in [2.75, 3.05) is 5.01 Å². The van der Waals surface area contributed by atoms with Crippen LogP contribution in [-0.2, 0) is 0 Å². The maximum absolute atomic E-state index is 13.2. The van der Waals surface area contributed by atoms with Gasteiger partial charge in [0.2, 0.25) is 5.13 Å². The van der Waals surface area contributed by atoms with E-state index < -0.39 is 0 Å². The molecule has 5 nitrogen and oxygen atoms in total. The number of carbonyl (C=O) groups excluding carboxylic acids is 1. The Morgan fingerprint density at radius 2 is 2.07 bits per heavy atom. The lowest BCUT2D eigenvalue weighted by atomic mass is 10.2. The molecule has 2 aromatic carbocycles. The van der Waals surface area contributed by atoms with Gasteiger partial charge in [-0.1, -0.05) is 29.5 Å². The van der Waals surface area contributed by atoms with E-state index >= 15 is 0 Å². The number of fused-ring (bicyclic) bond motifs is 1. The second kappa shape index (κ2) is 7.61. The molecule has 0 N–H and O–H groups in total. The molecule has 0 fully saturated rings. The summed E-state index contributed by atoms with van der Waals surface area (Å²) in [5.41, 5.74) is 2.56. The number of hydrogen-bond donors (Lipinski definition) is 0. The minimum absolute atomic E-state index is 0.237. The molecule has 0 bridgehead atoms. The van der Waals surface area contributed by atoms with Gasteiger partial charge in [0.25, 0.3) is 5.91 Å². The van der Waals surface area contributed by atoms with Gasteiger partial charge >= 0.3 is 0 Å². The van der Waals surface area contributed by atoms with Gasteiger partial charge in [-0.2, -0.15) is 10.1 Å². The Morgan fingerprint density at radius 3 is 2.85 bits per heavy atom. The van der Waals surface area contributed by atoms with E-state index in [2.05, 4.69) is 38.7 Å². The SMILES string of the molecule is Cc1ccc2nc(N(/N=C/c3ccco3)C(=O)c3ccccc3I)sc2c1. The minimum atomic E-state index is -0.237. The molecule has 0 unspecified atom stereocenters. The van der Waals surface area contributed by atoms with Crippen LogP contribution in [0.3, 0.4) is 0 Å². The Bertz CT molecular complexity index is 1140. The Morgan fingerprint density at radius 1 is 1.22 bits per heavy atom. The van der Waals surface area contributed by atoms with Gasteiger partial charge in [0.15, 0.2) is 0 Å². The molecule has 0 aliphatic carbocycles. The van der Waals surface area contributed by atoms with Crippen LogP contribution in [0.25, 0.3) is 10.2 Å². The van der Waals surface area contributed by atoms with Gasteiger partial charge in [0, 0.05) is 3.57 Å². The van der Waals surface area contributed by atoms with Crippen molar-refractivity contribution in [1.82, 2.24) is 4.98 Å². The predicted molar refractivity (Wildman–Crippen MR) is 117 cm³/mol. The summed E-state index contributed by atoms with van der Waals surface area (Å²) in [7, 11) is 0. The van der Waals surface area contributed by atoms with Crippen molar-refractivity contribution >= 4 is 61.4 Å². The van der Waals surface area contributed by atoms with E-state index in [1.54, 1.807) is 24.5 Å². The Hall–Kier alpha value is -2.52. The van der Waals surface area contributed by atoms with Crippen LogP contribution in [-0.4, -0.2) is 17.1 Å². The summed E-state index contributed by atoms with van der Waals surface area (Å²) in [5.74, 6) is 0.325. The number of nitrogens with zero attached hydrogens (tertiary/aromatic N) is 3. The zero-order chi connectivity index (χ0) is 18.8. The first-order chi connectivity index (χ1) is 13.1. The highest BCUT2D eigenvalue weighted by Gasteiger charge is 2.22. The zero-order valence-electron chi connectivity index (χ0n) is 14.3. The molecule has 2 aromatic heterocycles. The number of carbonyl (C=O) groups is 1. The van der Waals surface area contributed by atoms with Gasteiger partial charge in [0.1, 0.15) is 5.76 Å². The second-order valence-corrected chi connectivity index (χ2v) is 8.00. The fourth-order valence-electron chi connectivity index (χ4n) is 2.53. The Labute approximate surface area is 173 Å². The lowest BCUT2D eigenvalue weighted by Gasteiger charge is -2.14. The van der Waals surface area contributed by atoms with Crippen molar-refractivity contribution in [3.63, 3.8) is 0 Å². The predicted octanol–water partition coefficient (Wildman–Crippen LogP) is 5.48. The number of hydrazone groups is 1. The topological polar surface area (TPSA) is 58.7 Å². The van der Waals surface area contributed by atoms with Crippen molar-refractivity contribution in [1.29, 1.82) is 0 Å². The number of amides is 1. The number of thiazole rings is 1. The van der Waals surface area contributed by atoms with Gasteiger partial charge in [-0.25, -0.2) is 4.98 Å². The van der Waals surface area contributed by atoms with E-state index in [1.807, 2.05) is 37.3 Å². The molecule has 27 heavy (non-hydrogen) atoms.